The third-order valence-corrected chi connectivity index (χ3v) is 6.26. The fourth-order valence-electron chi connectivity index (χ4n) is 4.21. The molecule has 9 heteroatoms. The average Bonchev–Trinajstić information content (AvgIpc) is 3.53. The number of hydrogen-bond acceptors (Lipinski definition) is 4. The Morgan fingerprint density at radius 1 is 1.00 bits per heavy atom. The molecule has 1 N–H and O–H groups in total. The quantitative estimate of drug-likeness (QED) is 0.338. The SMILES string of the molecule is Cc1ccc(Cl)cc1NC(=O)CCCn1nc(C)c2nn(-c3ccccc3)c(-n3cccc3)c2c1=O. The highest BCUT2D eigenvalue weighted by atomic mass is 35.5. The first kappa shape index (κ1) is 23.6. The number of aryl methyl sites for hydroxylation is 3. The summed E-state index contributed by atoms with van der Waals surface area (Å²) in [5, 5.41) is 13.2. The molecule has 0 radical (unpaired) electrons. The van der Waals surface area contributed by atoms with Crippen LogP contribution in [0.3, 0.4) is 0 Å². The summed E-state index contributed by atoms with van der Waals surface area (Å²) in [5.41, 5.74) is 3.41. The molecule has 0 saturated heterocycles. The third kappa shape index (κ3) is 4.55. The Kier molecular flexibility index (Phi) is 6.43. The third-order valence-electron chi connectivity index (χ3n) is 6.02. The van der Waals surface area contributed by atoms with Crippen LogP contribution in [-0.2, 0) is 11.3 Å². The molecule has 0 fully saturated rings. The first-order valence-corrected chi connectivity index (χ1v) is 12.1. The Morgan fingerprint density at radius 2 is 1.75 bits per heavy atom. The number of hydrogen-bond donors (Lipinski definition) is 1. The Hall–Kier alpha value is -4.17. The average molecular weight is 501 g/mol. The lowest BCUT2D eigenvalue weighted by molar-refractivity contribution is -0.116. The molecule has 36 heavy (non-hydrogen) atoms. The smallest absolute Gasteiger partial charge is 0.280 e. The Morgan fingerprint density at radius 3 is 2.50 bits per heavy atom. The zero-order valence-corrected chi connectivity index (χ0v) is 20.7. The number of aromatic nitrogens is 5. The molecule has 0 spiro atoms. The van der Waals surface area contributed by atoms with Gasteiger partial charge in [-0.1, -0.05) is 35.9 Å². The van der Waals surface area contributed by atoms with Crippen molar-refractivity contribution in [2.75, 3.05) is 5.32 Å². The lowest BCUT2D eigenvalue weighted by Gasteiger charge is -2.10. The Bertz CT molecular complexity index is 1600. The van der Waals surface area contributed by atoms with Crippen molar-refractivity contribution in [3.05, 3.63) is 99.7 Å². The van der Waals surface area contributed by atoms with Gasteiger partial charge in [-0.2, -0.15) is 10.2 Å². The number of benzene rings is 2. The van der Waals surface area contributed by atoms with Gasteiger partial charge in [-0.15, -0.1) is 0 Å². The molecule has 3 aromatic heterocycles. The van der Waals surface area contributed by atoms with Crippen molar-refractivity contribution in [3.8, 4) is 11.5 Å². The van der Waals surface area contributed by atoms with Crippen molar-refractivity contribution in [3.63, 3.8) is 0 Å². The summed E-state index contributed by atoms with van der Waals surface area (Å²) in [6.07, 6.45) is 4.47. The standard InChI is InChI=1S/C27H25ClN6O2/c1-18-12-13-20(28)17-22(18)29-23(35)11-8-16-33-27(36)24-25(19(2)30-33)31-34(21-9-4-3-5-10-21)26(24)32-14-6-7-15-32/h3-7,9-10,12-15,17H,8,11,16H2,1-2H3,(H,29,35). The number of amides is 1. The zero-order chi connectivity index (χ0) is 25.2. The summed E-state index contributed by atoms with van der Waals surface area (Å²) in [6, 6.07) is 18.9. The van der Waals surface area contributed by atoms with Gasteiger partial charge < -0.3 is 9.88 Å². The van der Waals surface area contributed by atoms with E-state index in [0.717, 1.165) is 11.3 Å². The fraction of sp³-hybridized carbons (Fsp3) is 0.185. The van der Waals surface area contributed by atoms with E-state index >= 15 is 0 Å². The second-order valence-corrected chi connectivity index (χ2v) is 9.05. The minimum Gasteiger partial charge on any atom is -0.326 e. The number of fused-ring (bicyclic) bond motifs is 1. The van der Waals surface area contributed by atoms with E-state index in [1.165, 1.54) is 4.68 Å². The van der Waals surface area contributed by atoms with Crippen LogP contribution in [0.2, 0.25) is 5.02 Å². The first-order chi connectivity index (χ1) is 17.4. The Labute approximate surface area is 212 Å². The van der Waals surface area contributed by atoms with Gasteiger partial charge in [0.15, 0.2) is 5.82 Å². The molecule has 182 valence electrons. The van der Waals surface area contributed by atoms with Crippen molar-refractivity contribution < 1.29 is 4.79 Å². The van der Waals surface area contributed by atoms with Crippen LogP contribution >= 0.6 is 11.6 Å². The molecule has 0 unspecified atom stereocenters. The van der Waals surface area contributed by atoms with Crippen molar-refractivity contribution in [1.82, 2.24) is 24.1 Å². The maximum absolute atomic E-state index is 13.6. The molecular formula is C27H25ClN6O2. The molecule has 8 nitrogen and oxygen atoms in total. The number of nitrogens with zero attached hydrogens (tertiary/aromatic N) is 5. The van der Waals surface area contributed by atoms with Crippen LogP contribution < -0.4 is 10.9 Å². The largest absolute Gasteiger partial charge is 0.326 e. The van der Waals surface area contributed by atoms with Gasteiger partial charge in [-0.25, -0.2) is 9.36 Å². The highest BCUT2D eigenvalue weighted by Gasteiger charge is 2.21. The molecule has 5 rings (SSSR count). The number of nitrogens with one attached hydrogen (secondary N) is 1. The summed E-state index contributed by atoms with van der Waals surface area (Å²) < 4.78 is 5.08. The maximum Gasteiger partial charge on any atom is 0.280 e. The molecule has 0 aliphatic heterocycles. The van der Waals surface area contributed by atoms with Crippen LogP contribution in [0.4, 0.5) is 5.69 Å². The number of halogens is 1. The molecule has 0 atom stereocenters. The van der Waals surface area contributed by atoms with E-state index in [-0.39, 0.29) is 17.9 Å². The molecule has 5 aromatic rings. The van der Waals surface area contributed by atoms with Gasteiger partial charge in [-0.3, -0.25) is 9.59 Å². The molecular weight excluding hydrogens is 476 g/mol. The molecule has 0 bridgehead atoms. The molecule has 2 aromatic carbocycles. The first-order valence-electron chi connectivity index (χ1n) is 11.7. The van der Waals surface area contributed by atoms with E-state index in [9.17, 15) is 9.59 Å². The molecule has 0 aliphatic carbocycles. The van der Waals surface area contributed by atoms with Crippen LogP contribution in [0.25, 0.3) is 22.4 Å². The van der Waals surface area contributed by atoms with Gasteiger partial charge in [0.25, 0.3) is 5.56 Å². The van der Waals surface area contributed by atoms with Gasteiger partial charge in [0, 0.05) is 36.1 Å². The second kappa shape index (κ2) is 9.83. The highest BCUT2D eigenvalue weighted by Crippen LogP contribution is 2.25. The van der Waals surface area contributed by atoms with E-state index in [0.29, 0.717) is 46.1 Å². The van der Waals surface area contributed by atoms with Crippen LogP contribution in [-0.4, -0.2) is 30.0 Å². The van der Waals surface area contributed by atoms with Gasteiger partial charge in [-0.05, 0) is 62.2 Å². The van der Waals surface area contributed by atoms with Crippen molar-refractivity contribution in [2.45, 2.75) is 33.2 Å². The summed E-state index contributed by atoms with van der Waals surface area (Å²) in [7, 11) is 0. The summed E-state index contributed by atoms with van der Waals surface area (Å²) in [5.74, 6) is 0.510. The predicted octanol–water partition coefficient (Wildman–Crippen LogP) is 5.06. The highest BCUT2D eigenvalue weighted by molar-refractivity contribution is 6.31. The van der Waals surface area contributed by atoms with Crippen molar-refractivity contribution in [2.24, 2.45) is 0 Å². The number of anilines is 1. The van der Waals surface area contributed by atoms with Crippen LogP contribution in [0.5, 0.6) is 0 Å². The maximum atomic E-state index is 13.6. The summed E-state index contributed by atoms with van der Waals surface area (Å²) in [4.78, 5) is 26.1. The topological polar surface area (TPSA) is 86.7 Å². The lowest BCUT2D eigenvalue weighted by atomic mass is 10.2. The minimum atomic E-state index is -0.243. The van der Waals surface area contributed by atoms with E-state index in [1.54, 1.807) is 16.8 Å². The second-order valence-electron chi connectivity index (χ2n) is 8.61. The molecule has 0 aliphatic rings. The van der Waals surface area contributed by atoms with Crippen LogP contribution in [0.1, 0.15) is 24.1 Å². The van der Waals surface area contributed by atoms with Crippen molar-refractivity contribution >= 4 is 34.1 Å². The van der Waals surface area contributed by atoms with E-state index < -0.39 is 0 Å². The number of rotatable bonds is 7. The molecule has 3 heterocycles. The van der Waals surface area contributed by atoms with Crippen LogP contribution in [0, 0.1) is 13.8 Å². The normalized spacial score (nSPS) is 11.2. The molecule has 1 amide bonds. The number of carbonyl (C=O) groups excluding carboxylic acids is 1. The Balaban J connectivity index is 1.45. The minimum absolute atomic E-state index is 0.142. The predicted molar refractivity (Wildman–Crippen MR) is 141 cm³/mol. The van der Waals surface area contributed by atoms with Gasteiger partial charge in [0.1, 0.15) is 10.9 Å². The molecule has 0 saturated carbocycles. The monoisotopic (exact) mass is 500 g/mol. The number of para-hydroxylation sites is 1. The summed E-state index contributed by atoms with van der Waals surface area (Å²) >= 11 is 6.05. The van der Waals surface area contributed by atoms with Crippen molar-refractivity contribution in [1.29, 1.82) is 0 Å². The van der Waals surface area contributed by atoms with Gasteiger partial charge in [0.05, 0.1) is 11.4 Å². The van der Waals surface area contributed by atoms with E-state index in [1.807, 2.05) is 79.3 Å². The van der Waals surface area contributed by atoms with E-state index in [4.69, 9.17) is 16.7 Å². The lowest BCUT2D eigenvalue weighted by Crippen LogP contribution is -2.25. The van der Waals surface area contributed by atoms with Crippen LogP contribution in [0.15, 0.2) is 77.9 Å². The fourth-order valence-corrected chi connectivity index (χ4v) is 4.38. The van der Waals surface area contributed by atoms with Gasteiger partial charge >= 0.3 is 0 Å². The van der Waals surface area contributed by atoms with E-state index in [2.05, 4.69) is 10.4 Å². The van der Waals surface area contributed by atoms with Gasteiger partial charge in [0.2, 0.25) is 5.91 Å². The summed E-state index contributed by atoms with van der Waals surface area (Å²) in [6.45, 7) is 4.05. The number of carbonyl (C=O) groups is 1. The zero-order valence-electron chi connectivity index (χ0n) is 20.0.